The van der Waals surface area contributed by atoms with Gasteiger partial charge < -0.3 is 14.5 Å². The molecule has 7 nitrogen and oxygen atoms in total. The second-order valence-electron chi connectivity index (χ2n) is 4.42. The third-order valence-electron chi connectivity index (χ3n) is 3.03. The minimum Gasteiger partial charge on any atom is -0.497 e. The summed E-state index contributed by atoms with van der Waals surface area (Å²) in [5.41, 5.74) is 2.21. The number of hydrogen-bond acceptors (Lipinski definition) is 7. The number of carbonyl (C=O) groups excluding carboxylic acids is 1. The summed E-state index contributed by atoms with van der Waals surface area (Å²) in [4.78, 5) is 18.9. The van der Waals surface area contributed by atoms with Crippen LogP contribution in [-0.4, -0.2) is 45.6 Å². The Morgan fingerprint density at radius 1 is 1.36 bits per heavy atom. The van der Waals surface area contributed by atoms with Crippen LogP contribution in [0, 0.1) is 0 Å². The van der Waals surface area contributed by atoms with E-state index in [0.717, 1.165) is 16.7 Å². The van der Waals surface area contributed by atoms with E-state index in [9.17, 15) is 4.79 Å². The maximum absolute atomic E-state index is 11.4. The molecular weight excluding hydrogens is 304 g/mol. The van der Waals surface area contributed by atoms with Gasteiger partial charge in [0.2, 0.25) is 5.16 Å². The first-order chi connectivity index (χ1) is 10.7. The highest BCUT2D eigenvalue weighted by Crippen LogP contribution is 2.27. The fourth-order valence-corrected chi connectivity index (χ4v) is 2.63. The van der Waals surface area contributed by atoms with E-state index < -0.39 is 0 Å². The fourth-order valence-electron chi connectivity index (χ4n) is 2.05. The Kier molecular flexibility index (Phi) is 4.10. The number of esters is 1. The smallest absolute Gasteiger partial charge is 0.316 e. The van der Waals surface area contributed by atoms with Crippen LogP contribution in [0.4, 0.5) is 0 Å². The second kappa shape index (κ2) is 6.18. The summed E-state index contributed by atoms with van der Waals surface area (Å²) in [6, 6.07) is 5.65. The summed E-state index contributed by atoms with van der Waals surface area (Å²) in [6.45, 7) is 2.13. The van der Waals surface area contributed by atoms with E-state index in [0.29, 0.717) is 22.9 Å². The molecule has 0 saturated carbocycles. The van der Waals surface area contributed by atoms with Gasteiger partial charge in [0, 0.05) is 10.9 Å². The predicted molar refractivity (Wildman–Crippen MR) is 83.1 cm³/mol. The fraction of sp³-hybridized carbons (Fsp3) is 0.286. The summed E-state index contributed by atoms with van der Waals surface area (Å²) >= 11 is 1.20. The predicted octanol–water partition coefficient (Wildman–Crippen LogP) is 2.17. The van der Waals surface area contributed by atoms with Crippen molar-refractivity contribution in [2.75, 3.05) is 19.5 Å². The topological polar surface area (TPSA) is 90.0 Å². The van der Waals surface area contributed by atoms with Gasteiger partial charge in [0.1, 0.15) is 11.3 Å². The van der Waals surface area contributed by atoms with Gasteiger partial charge in [0.15, 0.2) is 5.65 Å². The molecule has 0 fully saturated rings. The molecule has 2 aromatic heterocycles. The Balaban J connectivity index is 1.90. The van der Waals surface area contributed by atoms with Gasteiger partial charge in [-0.3, -0.25) is 4.79 Å². The molecule has 0 bridgehead atoms. The third kappa shape index (κ3) is 2.82. The normalized spacial score (nSPS) is 11.0. The molecule has 0 radical (unpaired) electrons. The van der Waals surface area contributed by atoms with Crippen LogP contribution in [0.2, 0.25) is 0 Å². The van der Waals surface area contributed by atoms with Gasteiger partial charge in [0.05, 0.1) is 19.5 Å². The van der Waals surface area contributed by atoms with Crippen molar-refractivity contribution in [3.05, 3.63) is 18.2 Å². The molecule has 1 N–H and O–H groups in total. The lowest BCUT2D eigenvalue weighted by Gasteiger charge is -2.00. The van der Waals surface area contributed by atoms with Crippen LogP contribution < -0.4 is 4.74 Å². The minimum atomic E-state index is -0.294. The van der Waals surface area contributed by atoms with E-state index in [1.54, 1.807) is 14.0 Å². The number of H-pyrrole nitrogens is 1. The summed E-state index contributed by atoms with van der Waals surface area (Å²) < 4.78 is 10.1. The van der Waals surface area contributed by atoms with Crippen LogP contribution in [0.15, 0.2) is 23.4 Å². The average molecular weight is 318 g/mol. The molecule has 1 aromatic carbocycles. The highest BCUT2D eigenvalue weighted by Gasteiger charge is 2.11. The molecule has 0 unspecified atom stereocenters. The molecule has 0 aliphatic rings. The minimum absolute atomic E-state index is 0.162. The lowest BCUT2D eigenvalue weighted by molar-refractivity contribution is -0.139. The number of rotatable bonds is 5. The van der Waals surface area contributed by atoms with Crippen molar-refractivity contribution < 1.29 is 14.3 Å². The number of aromatic amines is 1. The summed E-state index contributed by atoms with van der Waals surface area (Å²) in [7, 11) is 1.62. The number of hydrogen-bond donors (Lipinski definition) is 1. The SMILES string of the molecule is CCOC(=O)CSc1nnc2c(n1)[nH]c1ccc(OC)cc12. The number of nitrogens with zero attached hydrogens (tertiary/aromatic N) is 3. The molecule has 0 amide bonds. The standard InChI is InChI=1S/C14H14N4O3S/c1-3-21-11(19)7-22-14-16-13-12(17-18-14)9-6-8(20-2)4-5-10(9)15-13/h4-6H,3,7H2,1-2H3,(H,15,16,18). The molecule has 3 rings (SSSR count). The zero-order valence-electron chi connectivity index (χ0n) is 12.1. The van der Waals surface area contributed by atoms with Crippen LogP contribution in [0.5, 0.6) is 5.75 Å². The zero-order chi connectivity index (χ0) is 15.5. The van der Waals surface area contributed by atoms with E-state index in [1.165, 1.54) is 11.8 Å². The average Bonchev–Trinajstić information content (AvgIpc) is 2.90. The number of benzene rings is 1. The van der Waals surface area contributed by atoms with Gasteiger partial charge in [-0.1, -0.05) is 11.8 Å². The third-order valence-corrected chi connectivity index (χ3v) is 3.84. The van der Waals surface area contributed by atoms with Crippen molar-refractivity contribution in [2.24, 2.45) is 0 Å². The summed E-state index contributed by atoms with van der Waals surface area (Å²) in [5.74, 6) is 0.614. The quantitative estimate of drug-likeness (QED) is 0.569. The monoisotopic (exact) mass is 318 g/mol. The van der Waals surface area contributed by atoms with E-state index >= 15 is 0 Å². The van der Waals surface area contributed by atoms with Crippen molar-refractivity contribution >= 4 is 39.8 Å². The molecule has 0 aliphatic carbocycles. The lowest BCUT2D eigenvalue weighted by Crippen LogP contribution is -2.07. The molecule has 114 valence electrons. The van der Waals surface area contributed by atoms with E-state index in [1.807, 2.05) is 18.2 Å². The Morgan fingerprint density at radius 2 is 2.23 bits per heavy atom. The zero-order valence-corrected chi connectivity index (χ0v) is 12.9. The van der Waals surface area contributed by atoms with Crippen LogP contribution in [0.3, 0.4) is 0 Å². The van der Waals surface area contributed by atoms with Gasteiger partial charge in [-0.05, 0) is 25.1 Å². The van der Waals surface area contributed by atoms with Crippen molar-refractivity contribution in [3.63, 3.8) is 0 Å². The molecule has 8 heteroatoms. The first-order valence-corrected chi connectivity index (χ1v) is 7.68. The Bertz CT molecular complexity index is 833. The Labute approximate surface area is 130 Å². The summed E-state index contributed by atoms with van der Waals surface area (Å²) in [5, 5.41) is 9.58. The number of carbonyl (C=O) groups is 1. The second-order valence-corrected chi connectivity index (χ2v) is 5.36. The Hall–Kier alpha value is -2.35. The van der Waals surface area contributed by atoms with E-state index in [-0.39, 0.29) is 11.7 Å². The number of nitrogens with one attached hydrogen (secondary N) is 1. The van der Waals surface area contributed by atoms with Crippen molar-refractivity contribution in [2.45, 2.75) is 12.1 Å². The van der Waals surface area contributed by atoms with Gasteiger partial charge in [-0.15, -0.1) is 10.2 Å². The van der Waals surface area contributed by atoms with E-state index in [4.69, 9.17) is 9.47 Å². The number of thioether (sulfide) groups is 1. The van der Waals surface area contributed by atoms with Crippen molar-refractivity contribution in [1.29, 1.82) is 0 Å². The largest absolute Gasteiger partial charge is 0.497 e. The number of aromatic nitrogens is 4. The van der Waals surface area contributed by atoms with Crippen molar-refractivity contribution in [3.8, 4) is 5.75 Å². The number of ether oxygens (including phenoxy) is 2. The van der Waals surface area contributed by atoms with Crippen molar-refractivity contribution in [1.82, 2.24) is 20.2 Å². The molecule has 0 atom stereocenters. The maximum atomic E-state index is 11.4. The molecule has 0 aliphatic heterocycles. The number of methoxy groups -OCH3 is 1. The molecule has 0 saturated heterocycles. The maximum Gasteiger partial charge on any atom is 0.316 e. The molecule has 3 aromatic rings. The summed E-state index contributed by atoms with van der Waals surface area (Å²) in [6.07, 6.45) is 0. The first kappa shape index (κ1) is 14.6. The molecule has 0 spiro atoms. The van der Waals surface area contributed by atoms with Crippen LogP contribution in [0.25, 0.3) is 22.1 Å². The molecule has 22 heavy (non-hydrogen) atoms. The lowest BCUT2D eigenvalue weighted by atomic mass is 10.2. The van der Waals surface area contributed by atoms with Crippen LogP contribution in [-0.2, 0) is 9.53 Å². The van der Waals surface area contributed by atoms with E-state index in [2.05, 4.69) is 20.2 Å². The van der Waals surface area contributed by atoms with Gasteiger partial charge >= 0.3 is 5.97 Å². The Morgan fingerprint density at radius 3 is 3.00 bits per heavy atom. The number of fused-ring (bicyclic) bond motifs is 3. The van der Waals surface area contributed by atoms with Crippen LogP contribution >= 0.6 is 11.8 Å². The first-order valence-electron chi connectivity index (χ1n) is 6.70. The van der Waals surface area contributed by atoms with Gasteiger partial charge in [-0.25, -0.2) is 4.98 Å². The highest BCUT2D eigenvalue weighted by atomic mass is 32.2. The van der Waals surface area contributed by atoms with Gasteiger partial charge in [-0.2, -0.15) is 0 Å². The molecular formula is C14H14N4O3S. The highest BCUT2D eigenvalue weighted by molar-refractivity contribution is 7.99. The van der Waals surface area contributed by atoms with Gasteiger partial charge in [0.25, 0.3) is 0 Å². The molecule has 2 heterocycles. The van der Waals surface area contributed by atoms with Crippen LogP contribution in [0.1, 0.15) is 6.92 Å².